The number of hydrogen-bond acceptors (Lipinski definition) is 34. The summed E-state index contributed by atoms with van der Waals surface area (Å²) < 4.78 is 0. The number of hydrogen-bond donors (Lipinski definition) is 21. The minimum Gasteiger partial charge on any atom is -0.508 e. The fourth-order valence-electron chi connectivity index (χ4n) is 9.91. The molecule has 0 spiro atoms. The fraction of sp³-hybridized carbons (Fsp3) is 0.639. The summed E-state index contributed by atoms with van der Waals surface area (Å²) in [5.74, 6) is -15.4. The lowest BCUT2D eigenvalue weighted by Crippen LogP contribution is -2.62. The summed E-state index contributed by atoms with van der Waals surface area (Å²) in [5.41, 5.74) is 19.8. The zero-order valence-corrected chi connectivity index (χ0v) is 65.2. The Hall–Kier alpha value is -5.23. The predicted octanol–water partition coefficient (Wildman–Crippen LogP) is -3.94. The highest BCUT2D eigenvalue weighted by atomic mass is 33.1. The number of carboxylic acid groups (broad SMARTS) is 1. The van der Waals surface area contributed by atoms with E-state index in [0.29, 0.717) is 12.0 Å². The van der Waals surface area contributed by atoms with Gasteiger partial charge in [0, 0.05) is 54.6 Å². The standard InChI is InChI=1S/C61H95N15O19S9/c1-30(2)18-37-53(87)56(90)43(25-99)65-27-102-101-26-45(79)40(22-96)70-47(81)14-17-100-16-13-36(58(92)71-38(57(63)91)19-33-7-9-34(78)10-8-33)69-48(82)21-64-61(95)50(32(4)77)72-59(93)39(20-46(62)80)75-76-15-5-6-44(76)60(94)68-31(3)51(85)54(88)41(23-97)66-28-103-104-29-67-42(24-98)55(89)52(86)35(73-74-37)11-12-49(83)84/h7-10,30-32,35-44,50,65-67,73-75,77-78,96-99H,5-6,11-29H2,1-4H3,(H2,62,80)(H2,63,91)(H,64,95)(H,68,94)(H,69,82)(H,70,81)(H,71,92)(H,72,93)(H,83,84)/t31-,32+,35-,36?,37-,38-,39?,40-,41-,42-,43-,44-,50-/m0/s1. The molecule has 0 bridgehead atoms. The molecule has 19 N–H and O–H groups in total. The second-order valence-electron chi connectivity index (χ2n) is 24.3. The number of thioether (sulfide) groups is 1. The van der Waals surface area contributed by atoms with Crippen LogP contribution in [-0.4, -0.2) is 264 Å². The highest BCUT2D eigenvalue weighted by Gasteiger charge is 2.40. The number of fused-ring (bicyclic) bond motifs is 1. The molecule has 2 heterocycles. The maximum atomic E-state index is 13.9. The van der Waals surface area contributed by atoms with Crippen molar-refractivity contribution in [1.82, 2.24) is 69.1 Å². The predicted molar refractivity (Wildman–Crippen MR) is 409 cm³/mol. The lowest BCUT2D eigenvalue weighted by Gasteiger charge is -2.30. The van der Waals surface area contributed by atoms with Crippen LogP contribution in [0.3, 0.4) is 0 Å². The number of phenolic OH excluding ortho intramolecular Hbond substituents is 1. The first-order valence-electron chi connectivity index (χ1n) is 32.8. The molecule has 2 aliphatic rings. The van der Waals surface area contributed by atoms with Crippen molar-refractivity contribution in [3.63, 3.8) is 0 Å². The molecule has 43 heteroatoms. The minimum absolute atomic E-state index is 0.0196. The number of benzene rings is 1. The number of Topliss-reactive ketones (excluding diaryl/α,β-unsaturated/α-hetero) is 7. The Labute approximate surface area is 643 Å². The summed E-state index contributed by atoms with van der Waals surface area (Å²) in [6.07, 6.45) is -3.19. The monoisotopic (exact) mass is 1630 g/mol. The number of nitrogens with one attached hydrogen (secondary N) is 12. The van der Waals surface area contributed by atoms with Gasteiger partial charge in [0.05, 0.1) is 84.7 Å². The maximum Gasteiger partial charge on any atom is 0.303 e. The van der Waals surface area contributed by atoms with E-state index in [2.05, 4.69) is 115 Å². The number of hydrazine groups is 2. The molecule has 2 saturated heterocycles. The zero-order valence-electron chi connectivity index (χ0n) is 57.5. The normalized spacial score (nSPS) is 26.6. The molecule has 2 unspecified atom stereocenters. The topological polar surface area (TPSA) is 533 Å². The van der Waals surface area contributed by atoms with Gasteiger partial charge in [0.2, 0.25) is 82.0 Å². The molecule has 104 heavy (non-hydrogen) atoms. The van der Waals surface area contributed by atoms with E-state index in [0.717, 1.165) is 50.1 Å². The number of thiol groups is 4. The van der Waals surface area contributed by atoms with Gasteiger partial charge < -0.3 is 58.7 Å². The molecule has 2 fully saturated rings. The highest BCUT2D eigenvalue weighted by molar-refractivity contribution is 8.77. The Balaban J connectivity index is 1.91. The Kier molecular flexibility index (Phi) is 44.4. The molecule has 0 saturated carbocycles. The lowest BCUT2D eigenvalue weighted by molar-refractivity contribution is -0.141. The quantitative estimate of drug-likeness (QED) is 0.0402. The van der Waals surface area contributed by atoms with Gasteiger partial charge in [-0.1, -0.05) is 69.2 Å². The average molecular weight is 1630 g/mol. The molecule has 0 aromatic heterocycles. The van der Waals surface area contributed by atoms with Gasteiger partial charge >= 0.3 is 5.97 Å². The number of carbonyl (C=O) groups excluding carboxylic acids is 15. The van der Waals surface area contributed by atoms with Gasteiger partial charge in [0.25, 0.3) is 0 Å². The first-order chi connectivity index (χ1) is 49.3. The molecular weight excluding hydrogens is 1540 g/mol. The van der Waals surface area contributed by atoms with E-state index >= 15 is 0 Å². The Morgan fingerprint density at radius 2 is 1.19 bits per heavy atom. The zero-order chi connectivity index (χ0) is 77.8. The van der Waals surface area contributed by atoms with Gasteiger partial charge in [-0.2, -0.15) is 62.3 Å². The molecule has 8 amide bonds. The van der Waals surface area contributed by atoms with E-state index in [4.69, 9.17) is 11.5 Å². The number of carboxylic acids is 1. The van der Waals surface area contributed by atoms with Crippen LogP contribution >= 0.6 is 105 Å². The summed E-state index contributed by atoms with van der Waals surface area (Å²) in [6, 6.07) is -10.2. The number of ketones is 7. The number of amides is 8. The van der Waals surface area contributed by atoms with E-state index in [1.54, 1.807) is 13.8 Å². The molecule has 3 rings (SSSR count). The van der Waals surface area contributed by atoms with Gasteiger partial charge in [-0.05, 0) is 75.3 Å². The SMILES string of the molecule is CC(C)C[C@@H]1NN[C@@H](CCC(=O)O)C(=O)C(=O)[C@H](CS)NCSSCN[C@@H](CS)C(=O)C(=O)[C@H](C)NC(=O)[C@@H]2CCCN2NC(CC(N)=O)C(=O)N[C@@H]([C@@H](C)O)C(=O)NCC(=O)NC(C(=O)N[C@@H](Cc2ccc(O)cc2)C(N)=O)CCSCCC(=O)N[C@@H](CS)C(=O)CSSCN[C@@H](CS)C(=O)C1=O. The van der Waals surface area contributed by atoms with Crippen molar-refractivity contribution in [3.8, 4) is 5.75 Å². The van der Waals surface area contributed by atoms with Crippen LogP contribution < -0.4 is 75.6 Å². The molecule has 13 atom stereocenters. The van der Waals surface area contributed by atoms with Gasteiger partial charge in [-0.25, -0.2) is 21.3 Å². The number of aliphatic hydroxyl groups excluding tert-OH is 1. The second kappa shape index (κ2) is 49.7. The molecular formula is C61H95N15O19S9. The number of phenols is 1. The number of primary amides is 2. The van der Waals surface area contributed by atoms with Crippen LogP contribution in [-0.2, 0) is 83.1 Å². The summed E-state index contributed by atoms with van der Waals surface area (Å²) in [6.45, 7) is 5.20. The fourth-order valence-corrected chi connectivity index (χ4v) is 15.4. The third-order valence-electron chi connectivity index (χ3n) is 15.6. The van der Waals surface area contributed by atoms with Crippen molar-refractivity contribution in [3.05, 3.63) is 29.8 Å². The van der Waals surface area contributed by atoms with Crippen LogP contribution in [0.15, 0.2) is 24.3 Å². The van der Waals surface area contributed by atoms with Crippen LogP contribution in [0.5, 0.6) is 5.75 Å². The van der Waals surface area contributed by atoms with Crippen LogP contribution in [0.25, 0.3) is 0 Å². The third kappa shape index (κ3) is 33.5. The van der Waals surface area contributed by atoms with Crippen molar-refractivity contribution >= 4 is 199 Å². The van der Waals surface area contributed by atoms with Crippen molar-refractivity contribution in [1.29, 1.82) is 0 Å². The third-order valence-corrected chi connectivity index (χ3v) is 22.1. The summed E-state index contributed by atoms with van der Waals surface area (Å²) >= 11 is 18.2. The van der Waals surface area contributed by atoms with Gasteiger partial charge in [-0.15, -0.1) is 0 Å². The van der Waals surface area contributed by atoms with E-state index in [1.807, 2.05) is 0 Å². The number of nitrogens with zero attached hydrogens (tertiary/aromatic N) is 1. The summed E-state index contributed by atoms with van der Waals surface area (Å²) in [7, 11) is 4.48. The highest BCUT2D eigenvalue weighted by Crippen LogP contribution is 2.23. The van der Waals surface area contributed by atoms with Crippen LogP contribution in [0.4, 0.5) is 0 Å². The minimum atomic E-state index is -1.80. The number of aliphatic hydroxyl groups is 1. The van der Waals surface area contributed by atoms with Crippen LogP contribution in [0, 0.1) is 5.92 Å². The van der Waals surface area contributed by atoms with E-state index < -0.39 is 198 Å². The van der Waals surface area contributed by atoms with Gasteiger partial charge in [-0.3, -0.25) is 92.7 Å². The second-order valence-corrected chi connectivity index (χ2v) is 31.9. The number of carbonyl (C=O) groups is 16. The number of aromatic hydroxyl groups is 1. The van der Waals surface area contributed by atoms with Crippen LogP contribution in [0.1, 0.15) is 84.6 Å². The molecule has 34 nitrogen and oxygen atoms in total. The Morgan fingerprint density at radius 3 is 1.73 bits per heavy atom. The molecule has 1 aromatic rings. The van der Waals surface area contributed by atoms with Crippen LogP contribution in [0.2, 0.25) is 0 Å². The average Bonchev–Trinajstić information content (AvgIpc) is 1.09. The molecule has 2 aliphatic heterocycles. The largest absolute Gasteiger partial charge is 0.508 e. The van der Waals surface area contributed by atoms with Crippen molar-refractivity contribution in [2.24, 2.45) is 17.4 Å². The Bertz CT molecular complexity index is 3140. The van der Waals surface area contributed by atoms with Gasteiger partial charge in [0.15, 0.2) is 5.78 Å². The smallest absolute Gasteiger partial charge is 0.303 e. The first kappa shape index (κ1) is 93.0. The van der Waals surface area contributed by atoms with Crippen molar-refractivity contribution in [2.45, 2.75) is 164 Å². The van der Waals surface area contributed by atoms with E-state index in [9.17, 15) is 92.0 Å². The molecule has 0 radical (unpaired) electrons. The van der Waals surface area contributed by atoms with E-state index in [1.165, 1.54) is 48.0 Å². The molecule has 0 aliphatic carbocycles. The Morgan fingerprint density at radius 1 is 0.644 bits per heavy atom. The molecule has 1 aromatic carbocycles. The first-order valence-corrected chi connectivity index (χ1v) is 41.5. The summed E-state index contributed by atoms with van der Waals surface area (Å²) in [4.78, 5) is 214. The van der Waals surface area contributed by atoms with Crippen molar-refractivity contribution in [2.75, 3.05) is 71.0 Å². The van der Waals surface area contributed by atoms with Crippen molar-refractivity contribution < 1.29 is 92.0 Å². The number of rotatable bonds is 17. The summed E-state index contributed by atoms with van der Waals surface area (Å²) in [5, 5.41) is 54.9. The van der Waals surface area contributed by atoms with E-state index in [-0.39, 0.29) is 108 Å². The lowest BCUT2D eigenvalue weighted by atomic mass is 9.96. The maximum absolute atomic E-state index is 13.9. The number of aliphatic carboxylic acids is 1. The number of nitrogens with two attached hydrogens (primary N) is 2. The molecule has 582 valence electrons. The van der Waals surface area contributed by atoms with Gasteiger partial charge in [0.1, 0.15) is 36.0 Å².